The Hall–Kier alpha value is -2.67. The largest absolute Gasteiger partial charge is 0.379 e. The molecule has 1 saturated heterocycles. The highest BCUT2D eigenvalue weighted by molar-refractivity contribution is 6.31. The van der Waals surface area contributed by atoms with Gasteiger partial charge in [0, 0.05) is 42.7 Å². The van der Waals surface area contributed by atoms with Gasteiger partial charge >= 0.3 is 0 Å². The third-order valence-electron chi connectivity index (χ3n) is 7.14. The van der Waals surface area contributed by atoms with Gasteiger partial charge in [0.25, 0.3) is 0 Å². The maximum atomic E-state index is 6.39. The fraction of sp³-hybridized carbons (Fsp3) is 0.429. The van der Waals surface area contributed by atoms with E-state index in [1.807, 2.05) is 20.8 Å². The number of halogens is 1. The molecule has 0 N–H and O–H groups in total. The van der Waals surface area contributed by atoms with Crippen molar-refractivity contribution in [2.24, 2.45) is 0 Å². The smallest absolute Gasteiger partial charge is 0.141 e. The molecule has 1 aliphatic heterocycles. The van der Waals surface area contributed by atoms with Gasteiger partial charge in [-0.2, -0.15) is 0 Å². The third kappa shape index (κ3) is 5.01. The molecule has 35 heavy (non-hydrogen) atoms. The SMILES string of the molecule is Cc1ccc(CCc2nc3cc(-c4c(C)noc4C)ccc3n2C[C@H](C)N2CCOCC2)cc1Cl. The summed E-state index contributed by atoms with van der Waals surface area (Å²) < 4.78 is 13.4. The predicted octanol–water partition coefficient (Wildman–Crippen LogP) is 5.78. The molecule has 0 aliphatic carbocycles. The van der Waals surface area contributed by atoms with Gasteiger partial charge in [0.1, 0.15) is 11.6 Å². The second-order valence-corrected chi connectivity index (χ2v) is 10.0. The van der Waals surface area contributed by atoms with E-state index in [9.17, 15) is 0 Å². The van der Waals surface area contributed by atoms with Gasteiger partial charge in [0.2, 0.25) is 0 Å². The zero-order valence-electron chi connectivity index (χ0n) is 21.0. The van der Waals surface area contributed by atoms with E-state index in [1.54, 1.807) is 0 Å². The molecular weight excluding hydrogens is 460 g/mol. The van der Waals surface area contributed by atoms with Crippen LogP contribution in [0.25, 0.3) is 22.2 Å². The van der Waals surface area contributed by atoms with Crippen molar-refractivity contribution in [3.63, 3.8) is 0 Å². The molecule has 3 heterocycles. The first-order chi connectivity index (χ1) is 16.9. The molecule has 0 bridgehead atoms. The van der Waals surface area contributed by atoms with Crippen LogP contribution < -0.4 is 0 Å². The van der Waals surface area contributed by atoms with Crippen molar-refractivity contribution in [2.75, 3.05) is 26.3 Å². The maximum absolute atomic E-state index is 6.39. The van der Waals surface area contributed by atoms with E-state index in [-0.39, 0.29) is 0 Å². The zero-order chi connectivity index (χ0) is 24.5. The fourth-order valence-corrected chi connectivity index (χ4v) is 5.27. The van der Waals surface area contributed by atoms with Crippen LogP contribution in [0, 0.1) is 20.8 Å². The summed E-state index contributed by atoms with van der Waals surface area (Å²) in [5.74, 6) is 1.94. The van der Waals surface area contributed by atoms with E-state index in [2.05, 4.69) is 57.9 Å². The molecule has 4 aromatic rings. The molecule has 0 saturated carbocycles. The molecule has 2 aromatic heterocycles. The lowest BCUT2D eigenvalue weighted by atomic mass is 10.0. The number of hydrogen-bond acceptors (Lipinski definition) is 5. The molecule has 6 nitrogen and oxygen atoms in total. The Morgan fingerprint density at radius 2 is 1.83 bits per heavy atom. The van der Waals surface area contributed by atoms with E-state index >= 15 is 0 Å². The van der Waals surface area contributed by atoms with Gasteiger partial charge in [-0.1, -0.05) is 35.0 Å². The lowest BCUT2D eigenvalue weighted by molar-refractivity contribution is 0.0170. The summed E-state index contributed by atoms with van der Waals surface area (Å²) in [4.78, 5) is 7.64. The van der Waals surface area contributed by atoms with Crippen molar-refractivity contribution in [3.05, 3.63) is 69.8 Å². The van der Waals surface area contributed by atoms with Crippen molar-refractivity contribution in [3.8, 4) is 11.1 Å². The lowest BCUT2D eigenvalue weighted by Crippen LogP contribution is -2.44. The maximum Gasteiger partial charge on any atom is 0.141 e. The average Bonchev–Trinajstić information content (AvgIpc) is 3.38. The second kappa shape index (κ2) is 10.1. The molecule has 0 unspecified atom stereocenters. The number of benzene rings is 2. The van der Waals surface area contributed by atoms with E-state index in [0.29, 0.717) is 6.04 Å². The highest BCUT2D eigenvalue weighted by Crippen LogP contribution is 2.30. The van der Waals surface area contributed by atoms with Gasteiger partial charge in [0.05, 0.1) is 29.9 Å². The molecule has 184 valence electrons. The van der Waals surface area contributed by atoms with Crippen LogP contribution in [0.15, 0.2) is 40.9 Å². The number of hydrogen-bond donors (Lipinski definition) is 0. The number of aromatic nitrogens is 3. The van der Waals surface area contributed by atoms with Crippen LogP contribution in [0.1, 0.15) is 35.3 Å². The van der Waals surface area contributed by atoms with Crippen LogP contribution in [-0.4, -0.2) is 52.0 Å². The van der Waals surface area contributed by atoms with Crippen molar-refractivity contribution >= 4 is 22.6 Å². The molecule has 0 spiro atoms. The molecular formula is C28H33ClN4O2. The first-order valence-electron chi connectivity index (χ1n) is 12.4. The third-order valence-corrected chi connectivity index (χ3v) is 7.55. The Labute approximate surface area is 211 Å². The highest BCUT2D eigenvalue weighted by Gasteiger charge is 2.21. The summed E-state index contributed by atoms with van der Waals surface area (Å²) in [6, 6.07) is 13.3. The summed E-state index contributed by atoms with van der Waals surface area (Å²) >= 11 is 6.39. The summed E-state index contributed by atoms with van der Waals surface area (Å²) in [6.07, 6.45) is 1.75. The van der Waals surface area contributed by atoms with E-state index < -0.39 is 0 Å². The second-order valence-electron chi connectivity index (χ2n) is 9.62. The van der Waals surface area contributed by atoms with Gasteiger partial charge in [0.15, 0.2) is 0 Å². The predicted molar refractivity (Wildman–Crippen MR) is 140 cm³/mol. The molecule has 7 heteroatoms. The fourth-order valence-electron chi connectivity index (χ4n) is 5.07. The number of aryl methyl sites for hydroxylation is 5. The van der Waals surface area contributed by atoms with Crippen LogP contribution in [0.2, 0.25) is 5.02 Å². The van der Waals surface area contributed by atoms with E-state index in [0.717, 1.165) is 95.7 Å². The topological polar surface area (TPSA) is 56.3 Å². The number of fused-ring (bicyclic) bond motifs is 1. The van der Waals surface area contributed by atoms with Gasteiger partial charge in [-0.25, -0.2) is 4.98 Å². The standard InChI is InChI=1S/C28H33ClN4O2/c1-18-5-6-22(15-24(18)29)7-10-27-30-25-16-23(28-20(3)31-35-21(28)4)8-9-26(25)33(27)17-19(2)32-11-13-34-14-12-32/h5-6,8-9,15-16,19H,7,10-14,17H2,1-4H3/t19-/m0/s1. The van der Waals surface area contributed by atoms with Crippen molar-refractivity contribution in [2.45, 2.75) is 53.1 Å². The molecule has 1 aliphatic rings. The van der Waals surface area contributed by atoms with E-state index in [1.165, 1.54) is 5.56 Å². The minimum Gasteiger partial charge on any atom is -0.379 e. The molecule has 5 rings (SSSR count). The Morgan fingerprint density at radius 3 is 2.54 bits per heavy atom. The zero-order valence-corrected chi connectivity index (χ0v) is 21.7. The Balaban J connectivity index is 1.49. The Bertz CT molecular complexity index is 1320. The summed E-state index contributed by atoms with van der Waals surface area (Å²) in [6.45, 7) is 12.7. The Morgan fingerprint density at radius 1 is 1.03 bits per heavy atom. The van der Waals surface area contributed by atoms with Crippen molar-refractivity contribution in [1.29, 1.82) is 0 Å². The van der Waals surface area contributed by atoms with Gasteiger partial charge in [-0.3, -0.25) is 4.90 Å². The van der Waals surface area contributed by atoms with Gasteiger partial charge in [-0.05, 0) is 69.0 Å². The number of imidazole rings is 1. The van der Waals surface area contributed by atoms with Crippen LogP contribution in [0.5, 0.6) is 0 Å². The first-order valence-corrected chi connectivity index (χ1v) is 12.8. The number of ether oxygens (including phenoxy) is 1. The number of nitrogens with zero attached hydrogens (tertiary/aromatic N) is 4. The molecule has 2 aromatic carbocycles. The van der Waals surface area contributed by atoms with Crippen LogP contribution >= 0.6 is 11.6 Å². The first kappa shape index (κ1) is 24.0. The number of morpholine rings is 1. The average molecular weight is 493 g/mol. The lowest BCUT2D eigenvalue weighted by Gasteiger charge is -2.32. The van der Waals surface area contributed by atoms with Crippen molar-refractivity contribution in [1.82, 2.24) is 19.6 Å². The molecule has 0 amide bonds. The summed E-state index contributed by atoms with van der Waals surface area (Å²) in [5, 5.41) is 4.96. The van der Waals surface area contributed by atoms with E-state index in [4.69, 9.17) is 25.8 Å². The van der Waals surface area contributed by atoms with Crippen LogP contribution in [0.3, 0.4) is 0 Å². The normalized spacial score (nSPS) is 15.7. The Kier molecular flexibility index (Phi) is 6.96. The van der Waals surface area contributed by atoms with Crippen molar-refractivity contribution < 1.29 is 9.26 Å². The summed E-state index contributed by atoms with van der Waals surface area (Å²) in [7, 11) is 0. The summed E-state index contributed by atoms with van der Waals surface area (Å²) in [5.41, 5.74) is 7.56. The van der Waals surface area contributed by atoms with Crippen LogP contribution in [-0.2, 0) is 24.1 Å². The monoisotopic (exact) mass is 492 g/mol. The molecule has 0 radical (unpaired) electrons. The molecule has 1 fully saturated rings. The minimum atomic E-state index is 0.395. The quantitative estimate of drug-likeness (QED) is 0.327. The number of rotatable bonds is 7. The van der Waals surface area contributed by atoms with Gasteiger partial charge < -0.3 is 13.8 Å². The highest BCUT2D eigenvalue weighted by atomic mass is 35.5. The van der Waals surface area contributed by atoms with Gasteiger partial charge in [-0.15, -0.1) is 0 Å². The molecule has 1 atom stereocenters. The minimum absolute atomic E-state index is 0.395. The van der Waals surface area contributed by atoms with Crippen LogP contribution in [0.4, 0.5) is 0 Å².